The summed E-state index contributed by atoms with van der Waals surface area (Å²) in [6.07, 6.45) is 1.50. The maximum absolute atomic E-state index is 12.5. The molecular formula is C16H18N2O3. The van der Waals surface area contributed by atoms with Crippen molar-refractivity contribution in [3.8, 4) is 0 Å². The predicted molar refractivity (Wildman–Crippen MR) is 80.6 cm³/mol. The maximum Gasteiger partial charge on any atom is 0.339 e. The maximum atomic E-state index is 12.5. The average Bonchev–Trinajstić information content (AvgIpc) is 2.80. The number of hydrogen-bond acceptors (Lipinski definition) is 2. The Morgan fingerprint density at radius 1 is 1.19 bits per heavy atom. The highest BCUT2D eigenvalue weighted by Crippen LogP contribution is 2.26. The number of aromatic amines is 1. The molecule has 0 aliphatic rings. The molecule has 110 valence electrons. The summed E-state index contributed by atoms with van der Waals surface area (Å²) in [4.78, 5) is 26.6. The van der Waals surface area contributed by atoms with Gasteiger partial charge in [0, 0.05) is 11.9 Å². The van der Waals surface area contributed by atoms with Crippen LogP contribution in [0.5, 0.6) is 0 Å². The third-order valence-corrected chi connectivity index (χ3v) is 3.60. The van der Waals surface area contributed by atoms with Gasteiger partial charge in [-0.1, -0.05) is 30.3 Å². The second-order valence-electron chi connectivity index (χ2n) is 5.45. The Morgan fingerprint density at radius 3 is 2.38 bits per heavy atom. The van der Waals surface area contributed by atoms with E-state index >= 15 is 0 Å². The van der Waals surface area contributed by atoms with E-state index in [0.717, 1.165) is 5.56 Å². The molecule has 0 radical (unpaired) electrons. The summed E-state index contributed by atoms with van der Waals surface area (Å²) in [6.45, 7) is 5.26. The lowest BCUT2D eigenvalue weighted by Crippen LogP contribution is -2.35. The molecule has 5 heteroatoms. The molecule has 3 N–H and O–H groups in total. The summed E-state index contributed by atoms with van der Waals surface area (Å²) < 4.78 is 0. The van der Waals surface area contributed by atoms with Gasteiger partial charge in [-0.15, -0.1) is 0 Å². The Hall–Kier alpha value is -2.56. The Morgan fingerprint density at radius 2 is 1.81 bits per heavy atom. The second-order valence-corrected chi connectivity index (χ2v) is 5.45. The Labute approximate surface area is 123 Å². The molecule has 1 aromatic heterocycles. The summed E-state index contributed by atoms with van der Waals surface area (Å²) in [5, 5.41) is 11.9. The van der Waals surface area contributed by atoms with Crippen LogP contribution in [0.15, 0.2) is 36.5 Å². The summed E-state index contributed by atoms with van der Waals surface area (Å²) in [5.74, 6) is -1.32. The number of carboxylic acid groups (broad SMARTS) is 1. The standard InChI is InChI=1S/C16H18N2O3/c1-10-13(14(19)20)12(9-17-10)18-15(21)16(2,3)11-7-5-4-6-8-11/h4-9,17H,1-3H3,(H,18,21)(H,19,20). The van der Waals surface area contributed by atoms with Crippen molar-refractivity contribution in [3.05, 3.63) is 53.3 Å². The minimum absolute atomic E-state index is 0.0900. The van der Waals surface area contributed by atoms with Crippen LogP contribution in [0.4, 0.5) is 5.69 Å². The highest BCUT2D eigenvalue weighted by molar-refractivity contribution is 6.04. The van der Waals surface area contributed by atoms with E-state index in [1.54, 1.807) is 20.8 Å². The van der Waals surface area contributed by atoms with Crippen molar-refractivity contribution in [1.82, 2.24) is 4.98 Å². The van der Waals surface area contributed by atoms with Crippen molar-refractivity contribution in [1.29, 1.82) is 0 Å². The van der Waals surface area contributed by atoms with Crippen LogP contribution in [0.2, 0.25) is 0 Å². The number of carbonyl (C=O) groups is 2. The van der Waals surface area contributed by atoms with Crippen LogP contribution in [0.3, 0.4) is 0 Å². The molecule has 0 saturated carbocycles. The van der Waals surface area contributed by atoms with Crippen LogP contribution < -0.4 is 5.32 Å². The summed E-state index contributed by atoms with van der Waals surface area (Å²) in [5.41, 5.74) is 0.991. The van der Waals surface area contributed by atoms with Gasteiger partial charge in [0.2, 0.25) is 5.91 Å². The first-order valence-electron chi connectivity index (χ1n) is 6.62. The number of anilines is 1. The minimum atomic E-state index is -1.07. The third-order valence-electron chi connectivity index (χ3n) is 3.60. The van der Waals surface area contributed by atoms with Gasteiger partial charge >= 0.3 is 5.97 Å². The normalized spacial score (nSPS) is 11.2. The van der Waals surface area contributed by atoms with Crippen molar-refractivity contribution in [2.24, 2.45) is 0 Å². The number of aromatic carboxylic acids is 1. The fraction of sp³-hybridized carbons (Fsp3) is 0.250. The van der Waals surface area contributed by atoms with Gasteiger partial charge in [-0.25, -0.2) is 4.79 Å². The van der Waals surface area contributed by atoms with Crippen LogP contribution >= 0.6 is 0 Å². The lowest BCUT2D eigenvalue weighted by molar-refractivity contribution is -0.120. The van der Waals surface area contributed by atoms with Crippen LogP contribution in [0.25, 0.3) is 0 Å². The van der Waals surface area contributed by atoms with E-state index in [4.69, 9.17) is 0 Å². The number of aryl methyl sites for hydroxylation is 1. The van der Waals surface area contributed by atoms with Crippen molar-refractivity contribution in [2.75, 3.05) is 5.32 Å². The van der Waals surface area contributed by atoms with E-state index in [9.17, 15) is 14.7 Å². The molecule has 0 bridgehead atoms. The van der Waals surface area contributed by atoms with Crippen LogP contribution in [0.1, 0.15) is 35.5 Å². The first-order chi connectivity index (χ1) is 9.84. The molecule has 1 aromatic carbocycles. The fourth-order valence-corrected chi connectivity index (χ4v) is 2.17. The topological polar surface area (TPSA) is 82.2 Å². The van der Waals surface area contributed by atoms with Gasteiger partial charge in [-0.3, -0.25) is 4.79 Å². The van der Waals surface area contributed by atoms with Gasteiger partial charge in [0.25, 0.3) is 0 Å². The van der Waals surface area contributed by atoms with Gasteiger partial charge < -0.3 is 15.4 Å². The number of amides is 1. The quantitative estimate of drug-likeness (QED) is 0.808. The molecule has 2 aromatic rings. The van der Waals surface area contributed by atoms with Crippen molar-refractivity contribution in [3.63, 3.8) is 0 Å². The fourth-order valence-electron chi connectivity index (χ4n) is 2.17. The molecule has 0 aliphatic heterocycles. The zero-order valence-electron chi connectivity index (χ0n) is 12.2. The lowest BCUT2D eigenvalue weighted by Gasteiger charge is -2.24. The number of benzene rings is 1. The minimum Gasteiger partial charge on any atom is -0.478 e. The number of carbonyl (C=O) groups excluding carboxylic acids is 1. The first-order valence-corrected chi connectivity index (χ1v) is 6.62. The number of aromatic nitrogens is 1. The van der Waals surface area contributed by atoms with Crippen LogP contribution in [-0.2, 0) is 10.2 Å². The van der Waals surface area contributed by atoms with Gasteiger partial charge in [-0.2, -0.15) is 0 Å². The van der Waals surface area contributed by atoms with Crippen molar-refractivity contribution < 1.29 is 14.7 Å². The van der Waals surface area contributed by atoms with Gasteiger partial charge in [0.1, 0.15) is 5.56 Å². The molecule has 0 spiro atoms. The van der Waals surface area contributed by atoms with Crippen molar-refractivity contribution >= 4 is 17.6 Å². The number of carboxylic acids is 1. The molecule has 2 rings (SSSR count). The summed E-state index contributed by atoms with van der Waals surface area (Å²) in [6, 6.07) is 9.37. The number of nitrogens with one attached hydrogen (secondary N) is 2. The number of rotatable bonds is 4. The monoisotopic (exact) mass is 286 g/mol. The third kappa shape index (κ3) is 2.81. The highest BCUT2D eigenvalue weighted by Gasteiger charge is 2.31. The molecule has 0 aliphatic carbocycles. The SMILES string of the molecule is Cc1[nH]cc(NC(=O)C(C)(C)c2ccccc2)c1C(=O)O. The van der Waals surface area contributed by atoms with E-state index in [-0.39, 0.29) is 17.2 Å². The van der Waals surface area contributed by atoms with E-state index in [1.165, 1.54) is 6.20 Å². The molecule has 21 heavy (non-hydrogen) atoms. The first kappa shape index (κ1) is 14.8. The average molecular weight is 286 g/mol. The number of hydrogen-bond donors (Lipinski definition) is 3. The largest absolute Gasteiger partial charge is 0.478 e. The van der Waals surface area contributed by atoms with E-state index in [1.807, 2.05) is 30.3 Å². The molecule has 0 atom stereocenters. The smallest absolute Gasteiger partial charge is 0.339 e. The van der Waals surface area contributed by atoms with E-state index in [0.29, 0.717) is 5.69 Å². The molecule has 0 saturated heterocycles. The lowest BCUT2D eigenvalue weighted by atomic mass is 9.83. The zero-order chi connectivity index (χ0) is 15.6. The number of H-pyrrole nitrogens is 1. The van der Waals surface area contributed by atoms with Gasteiger partial charge in [0.05, 0.1) is 11.1 Å². The van der Waals surface area contributed by atoms with Crippen LogP contribution in [0, 0.1) is 6.92 Å². The molecule has 1 amide bonds. The van der Waals surface area contributed by atoms with Gasteiger partial charge in [-0.05, 0) is 26.3 Å². The molecular weight excluding hydrogens is 268 g/mol. The van der Waals surface area contributed by atoms with E-state index < -0.39 is 11.4 Å². The predicted octanol–water partition coefficient (Wildman–Crippen LogP) is 2.94. The zero-order valence-corrected chi connectivity index (χ0v) is 12.2. The molecule has 0 unspecified atom stereocenters. The van der Waals surface area contributed by atoms with Crippen molar-refractivity contribution in [2.45, 2.75) is 26.2 Å². The summed E-state index contributed by atoms with van der Waals surface area (Å²) >= 11 is 0. The Balaban J connectivity index is 2.28. The molecule has 0 fully saturated rings. The summed E-state index contributed by atoms with van der Waals surface area (Å²) in [7, 11) is 0. The molecule has 1 heterocycles. The van der Waals surface area contributed by atoms with Gasteiger partial charge in [0.15, 0.2) is 0 Å². The van der Waals surface area contributed by atoms with E-state index in [2.05, 4.69) is 10.3 Å². The second kappa shape index (κ2) is 5.44. The Bertz CT molecular complexity index is 672. The highest BCUT2D eigenvalue weighted by atomic mass is 16.4. The molecule has 5 nitrogen and oxygen atoms in total. The Kier molecular flexibility index (Phi) is 3.84. The van der Waals surface area contributed by atoms with Crippen LogP contribution in [-0.4, -0.2) is 22.0 Å².